The van der Waals surface area contributed by atoms with Gasteiger partial charge in [-0.25, -0.2) is 0 Å². The molecule has 2 heterocycles. The molecule has 3 aromatic rings. The zero-order valence-electron chi connectivity index (χ0n) is 16.8. The Labute approximate surface area is 174 Å². The number of aromatic nitrogens is 1. The van der Waals surface area contributed by atoms with E-state index in [2.05, 4.69) is 10.3 Å². The molecule has 2 aromatic carbocycles. The van der Waals surface area contributed by atoms with Gasteiger partial charge < -0.3 is 15.2 Å². The Morgan fingerprint density at radius 1 is 1.07 bits per heavy atom. The Hall–Kier alpha value is -3.67. The number of anilines is 1. The van der Waals surface area contributed by atoms with E-state index in [1.54, 1.807) is 17.0 Å². The maximum Gasteiger partial charge on any atom is 0.261 e. The number of H-pyrrole nitrogens is 1. The van der Waals surface area contributed by atoms with E-state index in [-0.39, 0.29) is 18.0 Å². The van der Waals surface area contributed by atoms with Crippen LogP contribution in [0.3, 0.4) is 0 Å². The third-order valence-electron chi connectivity index (χ3n) is 5.23. The predicted octanol–water partition coefficient (Wildman–Crippen LogP) is 3.41. The topological polar surface area (TPSA) is 82.3 Å². The van der Waals surface area contributed by atoms with Crippen LogP contribution in [0.2, 0.25) is 0 Å². The Morgan fingerprint density at radius 2 is 1.90 bits per heavy atom. The van der Waals surface area contributed by atoms with Gasteiger partial charge >= 0.3 is 0 Å². The minimum Gasteiger partial charge on any atom is -0.348 e. The lowest BCUT2D eigenvalue weighted by molar-refractivity contribution is -0.117. The summed E-state index contributed by atoms with van der Waals surface area (Å²) < 4.78 is 0. The molecule has 1 fully saturated rings. The largest absolute Gasteiger partial charge is 0.348 e. The van der Waals surface area contributed by atoms with E-state index >= 15 is 0 Å². The molecular formula is C24H23N3O3. The van der Waals surface area contributed by atoms with Gasteiger partial charge in [-0.3, -0.25) is 14.4 Å². The van der Waals surface area contributed by atoms with Crippen molar-refractivity contribution in [2.24, 2.45) is 0 Å². The minimum absolute atomic E-state index is 0.0669. The van der Waals surface area contributed by atoms with E-state index in [1.165, 1.54) is 0 Å². The summed E-state index contributed by atoms with van der Waals surface area (Å²) in [6, 6.07) is 18.6. The molecule has 1 aliphatic rings. The van der Waals surface area contributed by atoms with Crippen molar-refractivity contribution in [1.29, 1.82) is 0 Å². The molecule has 0 unspecified atom stereocenters. The van der Waals surface area contributed by atoms with Crippen molar-refractivity contribution in [3.05, 3.63) is 87.7 Å². The number of hydrogen-bond donors (Lipinski definition) is 2. The molecule has 6 nitrogen and oxygen atoms in total. The van der Waals surface area contributed by atoms with Gasteiger partial charge in [-0.15, -0.1) is 0 Å². The number of pyridine rings is 1. The van der Waals surface area contributed by atoms with Crippen molar-refractivity contribution in [3.8, 4) is 11.3 Å². The monoisotopic (exact) mass is 401 g/mol. The Balaban J connectivity index is 1.46. The fourth-order valence-corrected chi connectivity index (χ4v) is 3.67. The average Bonchev–Trinajstić information content (AvgIpc) is 3.18. The van der Waals surface area contributed by atoms with E-state index in [0.717, 1.165) is 35.3 Å². The van der Waals surface area contributed by atoms with Crippen LogP contribution in [0, 0.1) is 6.92 Å². The van der Waals surface area contributed by atoms with Crippen LogP contribution in [0.1, 0.15) is 34.3 Å². The van der Waals surface area contributed by atoms with Crippen LogP contribution >= 0.6 is 0 Å². The smallest absolute Gasteiger partial charge is 0.261 e. The highest BCUT2D eigenvalue weighted by molar-refractivity contribution is 5.95. The molecule has 152 valence electrons. The molecule has 0 spiro atoms. The van der Waals surface area contributed by atoms with Gasteiger partial charge in [0.25, 0.3) is 11.5 Å². The maximum absolute atomic E-state index is 12.5. The van der Waals surface area contributed by atoms with Crippen LogP contribution in [0.25, 0.3) is 11.3 Å². The number of hydrogen-bond acceptors (Lipinski definition) is 3. The van der Waals surface area contributed by atoms with Crippen LogP contribution in [0.5, 0.6) is 0 Å². The summed E-state index contributed by atoms with van der Waals surface area (Å²) >= 11 is 0. The highest BCUT2D eigenvalue weighted by atomic mass is 16.2. The Bertz CT molecular complexity index is 1170. The summed E-state index contributed by atoms with van der Waals surface area (Å²) in [5.41, 5.74) is 4.00. The Kier molecular flexibility index (Phi) is 5.48. The molecule has 6 heteroatoms. The van der Waals surface area contributed by atoms with E-state index in [4.69, 9.17) is 0 Å². The second kappa shape index (κ2) is 8.37. The summed E-state index contributed by atoms with van der Waals surface area (Å²) in [6.45, 7) is 2.98. The first-order chi connectivity index (χ1) is 14.5. The number of nitrogens with one attached hydrogen (secondary N) is 2. The van der Waals surface area contributed by atoms with E-state index in [0.29, 0.717) is 12.1 Å². The first-order valence-electron chi connectivity index (χ1n) is 9.99. The van der Waals surface area contributed by atoms with Gasteiger partial charge in [0.05, 0.1) is 0 Å². The lowest BCUT2D eigenvalue weighted by Crippen LogP contribution is -2.29. The van der Waals surface area contributed by atoms with E-state index in [1.807, 2.05) is 55.5 Å². The molecule has 1 saturated heterocycles. The normalized spacial score (nSPS) is 13.5. The van der Waals surface area contributed by atoms with Crippen LogP contribution in [-0.4, -0.2) is 23.3 Å². The first kappa shape index (κ1) is 19.6. The quantitative estimate of drug-likeness (QED) is 0.687. The number of nitrogens with zero attached hydrogens (tertiary/aromatic N) is 1. The zero-order valence-corrected chi connectivity index (χ0v) is 16.8. The molecule has 0 atom stereocenters. The van der Waals surface area contributed by atoms with E-state index in [9.17, 15) is 14.4 Å². The molecule has 1 aromatic heterocycles. The molecule has 2 N–H and O–H groups in total. The van der Waals surface area contributed by atoms with Crippen LogP contribution in [0.4, 0.5) is 5.69 Å². The summed E-state index contributed by atoms with van der Waals surface area (Å²) in [5, 5.41) is 2.79. The number of aromatic amines is 1. The van der Waals surface area contributed by atoms with Crippen molar-refractivity contribution < 1.29 is 9.59 Å². The standard InChI is InChI=1S/C24H23N3O3/c1-16-5-2-7-18(13-16)21-11-10-20(24(30)26-21)23(29)25-15-17-6-3-8-19(14-17)27-12-4-9-22(27)28/h2-3,5-8,10-11,13-14H,4,9,12,15H2,1H3,(H,25,29)(H,26,30). The zero-order chi connectivity index (χ0) is 21.1. The third-order valence-corrected chi connectivity index (χ3v) is 5.23. The van der Waals surface area contributed by atoms with Crippen molar-refractivity contribution in [3.63, 3.8) is 0 Å². The number of benzene rings is 2. The highest BCUT2D eigenvalue weighted by Gasteiger charge is 2.21. The maximum atomic E-state index is 12.5. The number of carbonyl (C=O) groups is 2. The second-order valence-corrected chi connectivity index (χ2v) is 7.49. The highest BCUT2D eigenvalue weighted by Crippen LogP contribution is 2.22. The van der Waals surface area contributed by atoms with Gasteiger partial charge in [-0.2, -0.15) is 0 Å². The second-order valence-electron chi connectivity index (χ2n) is 7.49. The number of rotatable bonds is 5. The molecule has 0 saturated carbocycles. The summed E-state index contributed by atoms with van der Waals surface area (Å²) in [4.78, 5) is 41.5. The molecule has 4 rings (SSSR count). The molecule has 0 bridgehead atoms. The van der Waals surface area contributed by atoms with E-state index < -0.39 is 11.5 Å². The minimum atomic E-state index is -0.435. The summed E-state index contributed by atoms with van der Waals surface area (Å²) in [5.74, 6) is -0.314. The van der Waals surface area contributed by atoms with Gasteiger partial charge in [0.2, 0.25) is 5.91 Å². The molecular weight excluding hydrogens is 378 g/mol. The number of carbonyl (C=O) groups excluding carboxylic acids is 2. The average molecular weight is 401 g/mol. The van der Waals surface area contributed by atoms with Gasteiger partial charge in [0.1, 0.15) is 5.56 Å². The van der Waals surface area contributed by atoms with Crippen molar-refractivity contribution in [2.75, 3.05) is 11.4 Å². The lowest BCUT2D eigenvalue weighted by Gasteiger charge is -2.16. The molecule has 0 aliphatic carbocycles. The molecule has 30 heavy (non-hydrogen) atoms. The van der Waals surface area contributed by atoms with Crippen LogP contribution in [0.15, 0.2) is 65.5 Å². The van der Waals surface area contributed by atoms with Crippen LogP contribution < -0.4 is 15.8 Å². The van der Waals surface area contributed by atoms with Gasteiger partial charge in [-0.1, -0.05) is 35.9 Å². The fraction of sp³-hybridized carbons (Fsp3) is 0.208. The van der Waals surface area contributed by atoms with Crippen LogP contribution in [-0.2, 0) is 11.3 Å². The molecule has 1 aliphatic heterocycles. The lowest BCUT2D eigenvalue weighted by atomic mass is 10.1. The van der Waals surface area contributed by atoms with Gasteiger partial charge in [0.15, 0.2) is 0 Å². The summed E-state index contributed by atoms with van der Waals surface area (Å²) in [6.07, 6.45) is 1.43. The Morgan fingerprint density at radius 3 is 2.63 bits per heavy atom. The summed E-state index contributed by atoms with van der Waals surface area (Å²) in [7, 11) is 0. The number of amides is 2. The van der Waals surface area contributed by atoms with Gasteiger partial charge in [0, 0.05) is 30.9 Å². The van der Waals surface area contributed by atoms with Crippen molar-refractivity contribution in [2.45, 2.75) is 26.3 Å². The van der Waals surface area contributed by atoms with Gasteiger partial charge in [-0.05, 0) is 54.8 Å². The molecule has 0 radical (unpaired) electrons. The third kappa shape index (κ3) is 4.17. The molecule has 2 amide bonds. The SMILES string of the molecule is Cc1cccc(-c2ccc(C(=O)NCc3cccc(N4CCCC4=O)c3)c(=O)[nH]2)c1. The number of aryl methyl sites for hydroxylation is 1. The van der Waals surface area contributed by atoms with Crippen molar-refractivity contribution in [1.82, 2.24) is 10.3 Å². The fourth-order valence-electron chi connectivity index (χ4n) is 3.67. The predicted molar refractivity (Wildman–Crippen MR) is 116 cm³/mol. The van der Waals surface area contributed by atoms with Crippen molar-refractivity contribution >= 4 is 17.5 Å². The first-order valence-corrected chi connectivity index (χ1v) is 9.99.